The van der Waals surface area contributed by atoms with Crippen LogP contribution in [0.2, 0.25) is 0 Å². The monoisotopic (exact) mass is 312 g/mol. The lowest BCUT2D eigenvalue weighted by Gasteiger charge is -2.22. The maximum absolute atomic E-state index is 12.3. The molecule has 4 nitrogen and oxygen atoms in total. The second kappa shape index (κ2) is 8.22. The molecule has 1 N–H and O–H groups in total. The van der Waals surface area contributed by atoms with Gasteiger partial charge < -0.3 is 15.0 Å². The van der Waals surface area contributed by atoms with E-state index in [-0.39, 0.29) is 5.91 Å². The molecular weight excluding hydrogens is 288 g/mol. The first-order valence-corrected chi connectivity index (χ1v) is 7.88. The fourth-order valence-electron chi connectivity index (χ4n) is 2.48. The van der Waals surface area contributed by atoms with E-state index in [1.54, 1.807) is 7.11 Å². The van der Waals surface area contributed by atoms with Gasteiger partial charge in [-0.25, -0.2) is 0 Å². The molecule has 0 radical (unpaired) electrons. The van der Waals surface area contributed by atoms with Gasteiger partial charge in [-0.1, -0.05) is 24.3 Å². The summed E-state index contributed by atoms with van der Waals surface area (Å²) in [5.74, 6) is 0.669. The maximum atomic E-state index is 12.3. The molecule has 122 valence electrons. The molecule has 2 aromatic rings. The number of nitrogens with zero attached hydrogens (tertiary/aromatic N) is 1. The summed E-state index contributed by atoms with van der Waals surface area (Å²) in [6, 6.07) is 15.9. The molecular formula is C19H24N2O2. The summed E-state index contributed by atoms with van der Waals surface area (Å²) >= 11 is 0. The fraction of sp³-hybridized carbons (Fsp3) is 0.316. The number of benzene rings is 2. The van der Waals surface area contributed by atoms with Crippen molar-refractivity contribution >= 4 is 17.3 Å². The van der Waals surface area contributed by atoms with E-state index in [1.165, 1.54) is 0 Å². The molecule has 2 aromatic carbocycles. The van der Waals surface area contributed by atoms with Crippen molar-refractivity contribution < 1.29 is 9.53 Å². The van der Waals surface area contributed by atoms with Gasteiger partial charge in [0.2, 0.25) is 5.91 Å². The average Bonchev–Trinajstić information content (AvgIpc) is 2.56. The van der Waals surface area contributed by atoms with Crippen LogP contribution >= 0.6 is 0 Å². The highest BCUT2D eigenvalue weighted by molar-refractivity contribution is 5.92. The van der Waals surface area contributed by atoms with Crippen LogP contribution in [-0.2, 0) is 4.79 Å². The summed E-state index contributed by atoms with van der Waals surface area (Å²) < 4.78 is 5.29. The van der Waals surface area contributed by atoms with Crippen molar-refractivity contribution in [3.05, 3.63) is 54.1 Å². The molecule has 0 atom stereocenters. The number of nitrogens with one attached hydrogen (secondary N) is 1. The van der Waals surface area contributed by atoms with Crippen LogP contribution in [-0.4, -0.2) is 26.1 Å². The minimum absolute atomic E-state index is 0.0109. The molecule has 0 fully saturated rings. The third kappa shape index (κ3) is 4.74. The third-order valence-electron chi connectivity index (χ3n) is 3.74. The first-order valence-electron chi connectivity index (χ1n) is 7.88. The number of hydrogen-bond donors (Lipinski definition) is 1. The standard InChI is InChI=1S/C19H24N2O2/c1-4-21(16-8-6-5-7-9-16)13-12-19(22)20-17-14-15(2)10-11-18(17)23-3/h5-11,14H,4,12-13H2,1-3H3,(H,20,22). The number of anilines is 2. The number of hydrogen-bond acceptors (Lipinski definition) is 3. The van der Waals surface area contributed by atoms with Crippen molar-refractivity contribution in [2.75, 3.05) is 30.4 Å². The van der Waals surface area contributed by atoms with Crippen LogP contribution in [0.4, 0.5) is 11.4 Å². The smallest absolute Gasteiger partial charge is 0.226 e. The van der Waals surface area contributed by atoms with E-state index >= 15 is 0 Å². The Morgan fingerprint density at radius 1 is 1.17 bits per heavy atom. The van der Waals surface area contributed by atoms with Crippen molar-refractivity contribution in [3.8, 4) is 5.75 Å². The van der Waals surface area contributed by atoms with Gasteiger partial charge in [-0.3, -0.25) is 4.79 Å². The minimum atomic E-state index is -0.0109. The van der Waals surface area contributed by atoms with E-state index in [9.17, 15) is 4.79 Å². The molecule has 0 saturated heterocycles. The number of carbonyl (C=O) groups is 1. The van der Waals surface area contributed by atoms with E-state index in [4.69, 9.17) is 4.74 Å². The third-order valence-corrected chi connectivity index (χ3v) is 3.74. The topological polar surface area (TPSA) is 41.6 Å². The Balaban J connectivity index is 1.96. The van der Waals surface area contributed by atoms with Crippen LogP contribution in [0, 0.1) is 6.92 Å². The first kappa shape index (κ1) is 16.9. The summed E-state index contributed by atoms with van der Waals surface area (Å²) in [5, 5.41) is 2.94. The number of ether oxygens (including phenoxy) is 1. The quantitative estimate of drug-likeness (QED) is 0.844. The summed E-state index contributed by atoms with van der Waals surface area (Å²) in [4.78, 5) is 14.4. The Hall–Kier alpha value is -2.49. The summed E-state index contributed by atoms with van der Waals surface area (Å²) in [7, 11) is 1.61. The van der Waals surface area contributed by atoms with Gasteiger partial charge in [0, 0.05) is 25.2 Å². The second-order valence-electron chi connectivity index (χ2n) is 5.42. The molecule has 0 aromatic heterocycles. The molecule has 0 saturated carbocycles. The van der Waals surface area contributed by atoms with Crippen LogP contribution in [0.3, 0.4) is 0 Å². The summed E-state index contributed by atoms with van der Waals surface area (Å²) in [5.41, 5.74) is 2.94. The van der Waals surface area contributed by atoms with Crippen LogP contribution in [0.25, 0.3) is 0 Å². The van der Waals surface area contributed by atoms with Crippen molar-refractivity contribution in [3.63, 3.8) is 0 Å². The number of methoxy groups -OCH3 is 1. The molecule has 2 rings (SSSR count). The van der Waals surface area contributed by atoms with Crippen molar-refractivity contribution in [2.24, 2.45) is 0 Å². The average molecular weight is 312 g/mol. The minimum Gasteiger partial charge on any atom is -0.495 e. The van der Waals surface area contributed by atoms with E-state index in [0.717, 1.165) is 23.5 Å². The van der Waals surface area contributed by atoms with Crippen LogP contribution in [0.5, 0.6) is 5.75 Å². The predicted octanol–water partition coefficient (Wildman–Crippen LogP) is 3.86. The zero-order valence-electron chi connectivity index (χ0n) is 14.0. The molecule has 0 unspecified atom stereocenters. The van der Waals surface area contributed by atoms with Crippen LogP contribution in [0.1, 0.15) is 18.9 Å². The zero-order chi connectivity index (χ0) is 16.7. The van der Waals surface area contributed by atoms with Crippen LogP contribution < -0.4 is 15.0 Å². The fourth-order valence-corrected chi connectivity index (χ4v) is 2.48. The number of amides is 1. The molecule has 0 heterocycles. The highest BCUT2D eigenvalue weighted by Crippen LogP contribution is 2.25. The lowest BCUT2D eigenvalue weighted by atomic mass is 10.2. The largest absolute Gasteiger partial charge is 0.495 e. The first-order chi connectivity index (χ1) is 11.1. The Kier molecular flexibility index (Phi) is 6.03. The Morgan fingerprint density at radius 2 is 1.91 bits per heavy atom. The SMILES string of the molecule is CCN(CCC(=O)Nc1cc(C)ccc1OC)c1ccccc1. The second-order valence-corrected chi connectivity index (χ2v) is 5.42. The van der Waals surface area contributed by atoms with E-state index in [1.807, 2.05) is 43.3 Å². The van der Waals surface area contributed by atoms with Gasteiger partial charge in [0.05, 0.1) is 12.8 Å². The van der Waals surface area contributed by atoms with E-state index in [0.29, 0.717) is 18.7 Å². The number of aryl methyl sites for hydroxylation is 1. The van der Waals surface area contributed by atoms with Crippen molar-refractivity contribution in [2.45, 2.75) is 20.3 Å². The van der Waals surface area contributed by atoms with Gasteiger partial charge >= 0.3 is 0 Å². The normalized spacial score (nSPS) is 10.2. The number of para-hydroxylation sites is 1. The Labute approximate surface area is 138 Å². The van der Waals surface area contributed by atoms with Gasteiger partial charge in [0.1, 0.15) is 5.75 Å². The van der Waals surface area contributed by atoms with Gasteiger partial charge in [-0.15, -0.1) is 0 Å². The molecule has 0 aliphatic rings. The highest BCUT2D eigenvalue weighted by Gasteiger charge is 2.10. The van der Waals surface area contributed by atoms with Gasteiger partial charge in [0.25, 0.3) is 0 Å². The lowest BCUT2D eigenvalue weighted by molar-refractivity contribution is -0.116. The highest BCUT2D eigenvalue weighted by atomic mass is 16.5. The van der Waals surface area contributed by atoms with Crippen molar-refractivity contribution in [1.29, 1.82) is 0 Å². The predicted molar refractivity (Wildman–Crippen MR) is 95.3 cm³/mol. The number of rotatable bonds is 7. The Bertz CT molecular complexity index is 641. The van der Waals surface area contributed by atoms with Gasteiger partial charge in [-0.2, -0.15) is 0 Å². The molecule has 0 bridgehead atoms. The summed E-state index contributed by atoms with van der Waals surface area (Å²) in [6.07, 6.45) is 0.430. The molecule has 0 aliphatic carbocycles. The lowest BCUT2D eigenvalue weighted by Crippen LogP contribution is -2.27. The van der Waals surface area contributed by atoms with Gasteiger partial charge in [0.15, 0.2) is 0 Å². The zero-order valence-corrected chi connectivity index (χ0v) is 14.0. The van der Waals surface area contributed by atoms with E-state index < -0.39 is 0 Å². The number of carbonyl (C=O) groups excluding carboxylic acids is 1. The summed E-state index contributed by atoms with van der Waals surface area (Å²) in [6.45, 7) is 5.63. The van der Waals surface area contributed by atoms with E-state index in [2.05, 4.69) is 29.3 Å². The van der Waals surface area contributed by atoms with Gasteiger partial charge in [-0.05, 0) is 43.7 Å². The van der Waals surface area contributed by atoms with Crippen LogP contribution in [0.15, 0.2) is 48.5 Å². The maximum Gasteiger partial charge on any atom is 0.226 e. The molecule has 4 heteroatoms. The molecule has 0 spiro atoms. The molecule has 1 amide bonds. The Morgan fingerprint density at radius 3 is 2.57 bits per heavy atom. The van der Waals surface area contributed by atoms with Crippen molar-refractivity contribution in [1.82, 2.24) is 0 Å². The molecule has 0 aliphatic heterocycles. The molecule has 23 heavy (non-hydrogen) atoms.